The van der Waals surface area contributed by atoms with Gasteiger partial charge in [0.25, 0.3) is 0 Å². The third kappa shape index (κ3) is 2.95. The van der Waals surface area contributed by atoms with E-state index in [0.29, 0.717) is 6.04 Å². The van der Waals surface area contributed by atoms with Gasteiger partial charge in [-0.25, -0.2) is 0 Å². The maximum absolute atomic E-state index is 4.28. The van der Waals surface area contributed by atoms with Crippen molar-refractivity contribution >= 4 is 5.69 Å². The second-order valence-corrected chi connectivity index (χ2v) is 4.70. The summed E-state index contributed by atoms with van der Waals surface area (Å²) in [6, 6.07) is 2.85. The van der Waals surface area contributed by atoms with Crippen LogP contribution in [0.3, 0.4) is 0 Å². The average Bonchev–Trinajstić information content (AvgIpc) is 2.24. The molecule has 88 valence electrons. The Morgan fingerprint density at radius 2 is 2.25 bits per heavy atom. The zero-order valence-corrected chi connectivity index (χ0v) is 10.2. The second-order valence-electron chi connectivity index (χ2n) is 4.70. The molecule has 1 aliphatic heterocycles. The van der Waals surface area contributed by atoms with Crippen molar-refractivity contribution in [2.45, 2.75) is 32.7 Å². The number of nitrogens with zero attached hydrogens (tertiary/aromatic N) is 2. The summed E-state index contributed by atoms with van der Waals surface area (Å²) in [5.41, 5.74) is 2.51. The normalized spacial score (nSPS) is 22.6. The van der Waals surface area contributed by atoms with Gasteiger partial charge >= 0.3 is 0 Å². The minimum atomic E-state index is 0.626. The highest BCUT2D eigenvalue weighted by Crippen LogP contribution is 2.16. The monoisotopic (exact) mass is 219 g/mol. The minimum absolute atomic E-state index is 0.626. The van der Waals surface area contributed by atoms with E-state index in [2.05, 4.69) is 35.1 Å². The van der Waals surface area contributed by atoms with Crippen molar-refractivity contribution in [2.24, 2.45) is 0 Å². The molecule has 3 nitrogen and oxygen atoms in total. The summed E-state index contributed by atoms with van der Waals surface area (Å²) in [6.45, 7) is 7.74. The molecule has 0 aliphatic carbocycles. The molecule has 1 aliphatic rings. The quantitative estimate of drug-likeness (QED) is 0.782. The van der Waals surface area contributed by atoms with E-state index >= 15 is 0 Å². The van der Waals surface area contributed by atoms with Gasteiger partial charge in [0.15, 0.2) is 0 Å². The van der Waals surface area contributed by atoms with Crippen molar-refractivity contribution in [3.8, 4) is 0 Å². The first kappa shape index (κ1) is 11.4. The van der Waals surface area contributed by atoms with Crippen LogP contribution in [0.2, 0.25) is 0 Å². The molecule has 0 spiro atoms. The zero-order chi connectivity index (χ0) is 11.4. The highest BCUT2D eigenvalue weighted by molar-refractivity contribution is 5.45. The molecule has 2 heterocycles. The molecule has 1 saturated heterocycles. The molecule has 1 unspecified atom stereocenters. The molecular formula is C13H21N3. The van der Waals surface area contributed by atoms with E-state index in [0.717, 1.165) is 19.6 Å². The van der Waals surface area contributed by atoms with Crippen LogP contribution in [-0.2, 0) is 0 Å². The van der Waals surface area contributed by atoms with E-state index in [9.17, 15) is 0 Å². The molecule has 1 fully saturated rings. The van der Waals surface area contributed by atoms with Crippen molar-refractivity contribution < 1.29 is 0 Å². The topological polar surface area (TPSA) is 28.2 Å². The number of aromatic nitrogens is 1. The molecule has 2 rings (SSSR count). The van der Waals surface area contributed by atoms with Gasteiger partial charge in [-0.3, -0.25) is 4.98 Å². The minimum Gasteiger partial charge on any atom is -0.370 e. The summed E-state index contributed by atoms with van der Waals surface area (Å²) >= 11 is 0. The molecule has 1 atom stereocenters. The summed E-state index contributed by atoms with van der Waals surface area (Å²) in [4.78, 5) is 6.73. The maximum atomic E-state index is 4.28. The molecule has 16 heavy (non-hydrogen) atoms. The van der Waals surface area contributed by atoms with Crippen molar-refractivity contribution in [1.82, 2.24) is 10.3 Å². The van der Waals surface area contributed by atoms with E-state index in [4.69, 9.17) is 0 Å². The Bertz CT molecular complexity index is 338. The SMILES string of the molecule is Cc1cncc(N2CCCNC(C)CC2)c1. The van der Waals surface area contributed by atoms with Crippen LogP contribution in [0.4, 0.5) is 5.69 Å². The molecule has 0 radical (unpaired) electrons. The molecule has 3 heteroatoms. The Morgan fingerprint density at radius 1 is 1.38 bits per heavy atom. The Hall–Kier alpha value is -1.09. The van der Waals surface area contributed by atoms with Crippen molar-refractivity contribution in [1.29, 1.82) is 0 Å². The Labute approximate surface area is 97.9 Å². The van der Waals surface area contributed by atoms with Gasteiger partial charge in [0.05, 0.1) is 11.9 Å². The Balaban J connectivity index is 2.06. The lowest BCUT2D eigenvalue weighted by Crippen LogP contribution is -2.38. The second kappa shape index (κ2) is 5.30. The summed E-state index contributed by atoms with van der Waals surface area (Å²) < 4.78 is 0. The van der Waals surface area contributed by atoms with Crippen molar-refractivity contribution in [3.05, 3.63) is 24.0 Å². The molecule has 0 amide bonds. The number of pyridine rings is 1. The zero-order valence-electron chi connectivity index (χ0n) is 10.2. The van der Waals surface area contributed by atoms with E-state index in [1.54, 1.807) is 0 Å². The summed E-state index contributed by atoms with van der Waals surface area (Å²) in [7, 11) is 0. The predicted molar refractivity (Wildman–Crippen MR) is 67.9 cm³/mol. The summed E-state index contributed by atoms with van der Waals surface area (Å²) in [5, 5.41) is 3.53. The number of aryl methyl sites for hydroxylation is 1. The van der Waals surface area contributed by atoms with E-state index in [1.807, 2.05) is 12.4 Å². The van der Waals surface area contributed by atoms with Gasteiger partial charge in [-0.2, -0.15) is 0 Å². The largest absolute Gasteiger partial charge is 0.370 e. The lowest BCUT2D eigenvalue weighted by atomic mass is 10.1. The summed E-state index contributed by atoms with van der Waals surface area (Å²) in [6.07, 6.45) is 6.30. The van der Waals surface area contributed by atoms with Gasteiger partial charge in [-0.15, -0.1) is 0 Å². The Kier molecular flexibility index (Phi) is 3.78. The fraction of sp³-hybridized carbons (Fsp3) is 0.615. The van der Waals surface area contributed by atoms with E-state index in [1.165, 1.54) is 24.1 Å². The van der Waals surface area contributed by atoms with Crippen LogP contribution in [0, 0.1) is 6.92 Å². The first-order valence-corrected chi connectivity index (χ1v) is 6.15. The van der Waals surface area contributed by atoms with E-state index in [-0.39, 0.29) is 0 Å². The lowest BCUT2D eigenvalue weighted by molar-refractivity contribution is 0.475. The van der Waals surface area contributed by atoms with Crippen LogP contribution < -0.4 is 10.2 Å². The molecule has 1 aromatic heterocycles. The third-order valence-electron chi connectivity index (χ3n) is 3.16. The van der Waals surface area contributed by atoms with Crippen LogP contribution in [0.1, 0.15) is 25.3 Å². The molecular weight excluding hydrogens is 198 g/mol. The first-order valence-electron chi connectivity index (χ1n) is 6.15. The highest BCUT2D eigenvalue weighted by atomic mass is 15.1. The van der Waals surface area contributed by atoms with Gasteiger partial charge in [0.1, 0.15) is 0 Å². The smallest absolute Gasteiger partial charge is 0.0555 e. The number of hydrogen-bond donors (Lipinski definition) is 1. The lowest BCUT2D eigenvalue weighted by Gasteiger charge is -2.29. The van der Waals surface area contributed by atoms with Crippen LogP contribution in [0.25, 0.3) is 0 Å². The van der Waals surface area contributed by atoms with E-state index < -0.39 is 0 Å². The molecule has 1 N–H and O–H groups in total. The standard InChI is InChI=1S/C13H21N3/c1-11-8-13(10-14-9-11)16-6-3-5-15-12(2)4-7-16/h8-10,12,15H,3-7H2,1-2H3. The van der Waals surface area contributed by atoms with Crippen LogP contribution >= 0.6 is 0 Å². The third-order valence-corrected chi connectivity index (χ3v) is 3.16. The maximum Gasteiger partial charge on any atom is 0.0555 e. The highest BCUT2D eigenvalue weighted by Gasteiger charge is 2.12. The van der Waals surface area contributed by atoms with Crippen LogP contribution in [0.15, 0.2) is 18.5 Å². The molecule has 0 saturated carbocycles. The average molecular weight is 219 g/mol. The van der Waals surface area contributed by atoms with Gasteiger partial charge < -0.3 is 10.2 Å². The van der Waals surface area contributed by atoms with Gasteiger partial charge in [-0.05, 0) is 44.9 Å². The van der Waals surface area contributed by atoms with Crippen LogP contribution in [0.5, 0.6) is 0 Å². The van der Waals surface area contributed by atoms with Crippen LogP contribution in [-0.4, -0.2) is 30.7 Å². The fourth-order valence-electron chi connectivity index (χ4n) is 2.15. The number of rotatable bonds is 1. The predicted octanol–water partition coefficient (Wildman–Crippen LogP) is 1.97. The van der Waals surface area contributed by atoms with Gasteiger partial charge in [0, 0.05) is 25.3 Å². The van der Waals surface area contributed by atoms with Crippen molar-refractivity contribution in [3.63, 3.8) is 0 Å². The summed E-state index contributed by atoms with van der Waals surface area (Å²) in [5.74, 6) is 0. The Morgan fingerprint density at radius 3 is 3.06 bits per heavy atom. The van der Waals surface area contributed by atoms with Crippen molar-refractivity contribution in [2.75, 3.05) is 24.5 Å². The first-order chi connectivity index (χ1) is 7.75. The molecule has 0 aromatic carbocycles. The number of hydrogen-bond acceptors (Lipinski definition) is 3. The van der Waals surface area contributed by atoms with Gasteiger partial charge in [-0.1, -0.05) is 0 Å². The number of nitrogens with one attached hydrogen (secondary N) is 1. The molecule has 0 bridgehead atoms. The molecule has 1 aromatic rings. The van der Waals surface area contributed by atoms with Gasteiger partial charge in [0.2, 0.25) is 0 Å². The number of anilines is 1. The fourth-order valence-corrected chi connectivity index (χ4v) is 2.15.